The Labute approximate surface area is 133 Å². The Morgan fingerprint density at radius 1 is 1.39 bits per heavy atom. The van der Waals surface area contributed by atoms with Gasteiger partial charge in [0.05, 0.1) is 11.0 Å². The van der Waals surface area contributed by atoms with Crippen molar-refractivity contribution in [1.29, 1.82) is 0 Å². The monoisotopic (exact) mass is 309 g/mol. The molecule has 1 saturated carbocycles. The van der Waals surface area contributed by atoms with Gasteiger partial charge in [-0.25, -0.2) is 4.98 Å². The minimum absolute atomic E-state index is 0.129. The van der Waals surface area contributed by atoms with E-state index in [1.54, 1.807) is 0 Å². The van der Waals surface area contributed by atoms with E-state index in [2.05, 4.69) is 25.1 Å². The van der Waals surface area contributed by atoms with Crippen LogP contribution in [0.2, 0.25) is 0 Å². The van der Waals surface area contributed by atoms with Crippen LogP contribution in [0.1, 0.15) is 40.8 Å². The first-order valence-electron chi connectivity index (χ1n) is 7.98. The average molecular weight is 309 g/mol. The number of hydrogen-bond acceptors (Lipinski definition) is 3. The summed E-state index contributed by atoms with van der Waals surface area (Å²) in [5.41, 5.74) is 3.62. The Balaban J connectivity index is 1.40. The number of imidazole rings is 1. The number of carbonyl (C=O) groups is 1. The number of aryl methyl sites for hydroxylation is 1. The Hall–Kier alpha value is -2.63. The molecule has 23 heavy (non-hydrogen) atoms. The summed E-state index contributed by atoms with van der Waals surface area (Å²) in [4.78, 5) is 16.7. The predicted molar refractivity (Wildman–Crippen MR) is 87.4 cm³/mol. The van der Waals surface area contributed by atoms with E-state index >= 15 is 0 Å². The van der Waals surface area contributed by atoms with Crippen molar-refractivity contribution in [1.82, 2.24) is 25.1 Å². The van der Waals surface area contributed by atoms with E-state index in [1.165, 1.54) is 12.8 Å². The van der Waals surface area contributed by atoms with E-state index in [0.29, 0.717) is 24.7 Å². The highest BCUT2D eigenvalue weighted by molar-refractivity contribution is 5.92. The molecular formula is C17H19N5O. The molecule has 0 saturated heterocycles. The van der Waals surface area contributed by atoms with Crippen molar-refractivity contribution < 1.29 is 4.79 Å². The molecule has 1 aromatic carbocycles. The van der Waals surface area contributed by atoms with Crippen molar-refractivity contribution in [2.45, 2.75) is 32.2 Å². The van der Waals surface area contributed by atoms with Crippen LogP contribution >= 0.6 is 0 Å². The summed E-state index contributed by atoms with van der Waals surface area (Å²) in [6.45, 7) is 3.22. The first-order chi connectivity index (χ1) is 11.2. The molecule has 6 nitrogen and oxygen atoms in total. The van der Waals surface area contributed by atoms with Gasteiger partial charge in [-0.1, -0.05) is 12.1 Å². The zero-order valence-electron chi connectivity index (χ0n) is 13.0. The number of H-pyrrole nitrogens is 1. The van der Waals surface area contributed by atoms with Gasteiger partial charge < -0.3 is 9.88 Å². The number of nitrogens with zero attached hydrogens (tertiary/aromatic N) is 3. The molecule has 0 unspecified atom stereocenters. The molecule has 118 valence electrons. The van der Waals surface area contributed by atoms with Crippen molar-refractivity contribution in [3.63, 3.8) is 0 Å². The quantitative estimate of drug-likeness (QED) is 0.760. The van der Waals surface area contributed by atoms with Gasteiger partial charge >= 0.3 is 0 Å². The molecule has 6 heteroatoms. The fraction of sp³-hybridized carbons (Fsp3) is 0.353. The fourth-order valence-electron chi connectivity index (χ4n) is 2.91. The number of benzene rings is 1. The van der Waals surface area contributed by atoms with E-state index in [1.807, 2.05) is 37.3 Å². The Kier molecular flexibility index (Phi) is 3.37. The summed E-state index contributed by atoms with van der Waals surface area (Å²) >= 11 is 0. The number of aromatic amines is 1. The van der Waals surface area contributed by atoms with Gasteiger partial charge in [0.1, 0.15) is 11.5 Å². The lowest BCUT2D eigenvalue weighted by Crippen LogP contribution is -2.27. The van der Waals surface area contributed by atoms with Crippen molar-refractivity contribution in [2.24, 2.45) is 0 Å². The van der Waals surface area contributed by atoms with Crippen molar-refractivity contribution in [2.75, 3.05) is 6.54 Å². The van der Waals surface area contributed by atoms with Gasteiger partial charge in [-0.15, -0.1) is 0 Å². The number of amides is 1. The summed E-state index contributed by atoms with van der Waals surface area (Å²) in [6.07, 6.45) is 2.38. The number of aromatic nitrogens is 4. The second kappa shape index (κ2) is 5.53. The van der Waals surface area contributed by atoms with Gasteiger partial charge in [-0.05, 0) is 38.0 Å². The Bertz CT molecular complexity index is 859. The number of para-hydroxylation sites is 2. The second-order valence-electron chi connectivity index (χ2n) is 6.04. The molecule has 0 spiro atoms. The number of nitrogens with one attached hydrogen (secondary N) is 2. The molecule has 1 aliphatic rings. The summed E-state index contributed by atoms with van der Waals surface area (Å²) in [6, 6.07) is 9.90. The van der Waals surface area contributed by atoms with Gasteiger partial charge in [0, 0.05) is 24.7 Å². The highest BCUT2D eigenvalue weighted by Crippen LogP contribution is 2.38. The van der Waals surface area contributed by atoms with Crippen LogP contribution in [-0.2, 0) is 6.54 Å². The summed E-state index contributed by atoms with van der Waals surface area (Å²) in [5, 5.41) is 10.00. The molecule has 1 aliphatic carbocycles. The van der Waals surface area contributed by atoms with Crippen LogP contribution in [0.15, 0.2) is 30.3 Å². The van der Waals surface area contributed by atoms with Crippen LogP contribution in [0.5, 0.6) is 0 Å². The lowest BCUT2D eigenvalue weighted by molar-refractivity contribution is 0.0947. The van der Waals surface area contributed by atoms with Crippen LogP contribution in [0.25, 0.3) is 11.0 Å². The number of hydrogen-bond donors (Lipinski definition) is 2. The van der Waals surface area contributed by atoms with E-state index in [-0.39, 0.29) is 5.91 Å². The molecule has 2 N–H and O–H groups in total. The predicted octanol–water partition coefficient (Wildman–Crippen LogP) is 2.38. The highest BCUT2D eigenvalue weighted by Gasteiger charge is 2.26. The molecule has 4 rings (SSSR count). The minimum atomic E-state index is -0.129. The molecule has 2 aromatic heterocycles. The first-order valence-corrected chi connectivity index (χ1v) is 7.98. The topological polar surface area (TPSA) is 75.6 Å². The average Bonchev–Trinajstić information content (AvgIpc) is 3.19. The van der Waals surface area contributed by atoms with Crippen molar-refractivity contribution in [3.8, 4) is 0 Å². The third-order valence-electron chi connectivity index (χ3n) is 4.31. The SMILES string of the molecule is Cc1nc2ccccc2n1CCNC(=O)c1cc(C2CC2)[nH]n1. The molecule has 0 aliphatic heterocycles. The summed E-state index contributed by atoms with van der Waals surface area (Å²) in [5.74, 6) is 1.40. The Morgan fingerprint density at radius 3 is 3.04 bits per heavy atom. The zero-order chi connectivity index (χ0) is 15.8. The molecule has 0 atom stereocenters. The largest absolute Gasteiger partial charge is 0.349 e. The van der Waals surface area contributed by atoms with Gasteiger partial charge in [0.2, 0.25) is 0 Å². The van der Waals surface area contributed by atoms with Crippen LogP contribution < -0.4 is 5.32 Å². The van der Waals surface area contributed by atoms with Crippen molar-refractivity contribution >= 4 is 16.9 Å². The van der Waals surface area contributed by atoms with Gasteiger partial charge in [-0.2, -0.15) is 5.10 Å². The Morgan fingerprint density at radius 2 is 2.22 bits per heavy atom. The lowest BCUT2D eigenvalue weighted by Gasteiger charge is -2.07. The maximum absolute atomic E-state index is 12.2. The highest BCUT2D eigenvalue weighted by atomic mass is 16.1. The normalized spacial score (nSPS) is 14.3. The van der Waals surface area contributed by atoms with E-state index < -0.39 is 0 Å². The summed E-state index contributed by atoms with van der Waals surface area (Å²) < 4.78 is 2.12. The molecule has 1 amide bonds. The minimum Gasteiger partial charge on any atom is -0.349 e. The first kappa shape index (κ1) is 14.0. The maximum atomic E-state index is 12.2. The van der Waals surface area contributed by atoms with E-state index in [0.717, 1.165) is 22.6 Å². The van der Waals surface area contributed by atoms with Gasteiger partial charge in [0.15, 0.2) is 0 Å². The number of carbonyl (C=O) groups excluding carboxylic acids is 1. The van der Waals surface area contributed by atoms with Crippen LogP contribution in [0.3, 0.4) is 0 Å². The van der Waals surface area contributed by atoms with E-state index in [4.69, 9.17) is 0 Å². The van der Waals surface area contributed by atoms with Crippen LogP contribution in [0, 0.1) is 6.92 Å². The molecule has 1 fully saturated rings. The number of fused-ring (bicyclic) bond motifs is 1. The maximum Gasteiger partial charge on any atom is 0.271 e. The number of rotatable bonds is 5. The second-order valence-corrected chi connectivity index (χ2v) is 6.04. The molecule has 3 aromatic rings. The third kappa shape index (κ3) is 2.72. The van der Waals surface area contributed by atoms with Crippen LogP contribution in [-0.4, -0.2) is 32.2 Å². The molecular weight excluding hydrogens is 290 g/mol. The van der Waals surface area contributed by atoms with Crippen molar-refractivity contribution in [3.05, 3.63) is 47.5 Å². The van der Waals surface area contributed by atoms with E-state index in [9.17, 15) is 4.79 Å². The molecule has 2 heterocycles. The summed E-state index contributed by atoms with van der Waals surface area (Å²) in [7, 11) is 0. The lowest BCUT2D eigenvalue weighted by atomic mass is 10.2. The smallest absolute Gasteiger partial charge is 0.271 e. The fourth-order valence-corrected chi connectivity index (χ4v) is 2.91. The molecule has 0 bridgehead atoms. The zero-order valence-corrected chi connectivity index (χ0v) is 13.0. The van der Waals surface area contributed by atoms with Gasteiger partial charge in [0.25, 0.3) is 5.91 Å². The van der Waals surface area contributed by atoms with Crippen LogP contribution in [0.4, 0.5) is 0 Å². The van der Waals surface area contributed by atoms with Gasteiger partial charge in [-0.3, -0.25) is 9.89 Å². The third-order valence-corrected chi connectivity index (χ3v) is 4.31. The molecule has 0 radical (unpaired) electrons. The standard InChI is InChI=1S/C17H19N5O/c1-11-19-13-4-2-3-5-16(13)22(11)9-8-18-17(23)15-10-14(20-21-15)12-6-7-12/h2-5,10,12H,6-9H2,1H3,(H,18,23)(H,20,21).